The van der Waals surface area contributed by atoms with E-state index in [-0.39, 0.29) is 10.8 Å². The number of hydrogen-bond acceptors (Lipinski definition) is 6. The zero-order chi connectivity index (χ0) is 19.7. The second-order valence-electron chi connectivity index (χ2n) is 6.50. The summed E-state index contributed by atoms with van der Waals surface area (Å²) < 4.78 is 36.7. The Kier molecular flexibility index (Phi) is 4.96. The van der Waals surface area contributed by atoms with Crippen LogP contribution >= 0.6 is 11.7 Å². The normalized spacial score (nSPS) is 17.1. The molecule has 1 aromatic heterocycles. The molecule has 1 atom stereocenters. The Labute approximate surface area is 167 Å². The van der Waals surface area contributed by atoms with Gasteiger partial charge in [0.05, 0.1) is 34.6 Å². The fourth-order valence-electron chi connectivity index (χ4n) is 3.45. The lowest BCUT2D eigenvalue weighted by atomic mass is 9.93. The molecule has 0 fully saturated rings. The van der Waals surface area contributed by atoms with E-state index in [0.717, 1.165) is 22.9 Å². The van der Waals surface area contributed by atoms with E-state index in [1.54, 1.807) is 18.3 Å². The topological polar surface area (TPSA) is 92.3 Å². The van der Waals surface area contributed by atoms with E-state index in [9.17, 15) is 13.2 Å². The third kappa shape index (κ3) is 3.44. The fraction of sp³-hybridized carbons (Fsp3) is 0.211. The van der Waals surface area contributed by atoms with Crippen LogP contribution in [0.2, 0.25) is 0 Å². The summed E-state index contributed by atoms with van der Waals surface area (Å²) in [5.74, 6) is -0.209. The van der Waals surface area contributed by atoms with E-state index in [0.29, 0.717) is 24.3 Å². The molecule has 1 aliphatic heterocycles. The number of hydrogen-bond donors (Lipinski definition) is 1. The number of sulfonamides is 1. The number of fused-ring (bicyclic) bond motifs is 1. The Bertz CT molecular complexity index is 1100. The largest absolute Gasteiger partial charge is 0.326 e. The molecule has 0 saturated heterocycles. The van der Waals surface area contributed by atoms with Gasteiger partial charge in [-0.1, -0.05) is 24.3 Å². The van der Waals surface area contributed by atoms with E-state index in [1.807, 2.05) is 24.3 Å². The van der Waals surface area contributed by atoms with Crippen molar-refractivity contribution in [1.29, 1.82) is 0 Å². The van der Waals surface area contributed by atoms with Gasteiger partial charge >= 0.3 is 0 Å². The molecule has 9 heteroatoms. The van der Waals surface area contributed by atoms with Crippen LogP contribution in [0.25, 0.3) is 0 Å². The van der Waals surface area contributed by atoms with Gasteiger partial charge in [0.15, 0.2) is 0 Å². The monoisotopic (exact) mass is 414 g/mol. The van der Waals surface area contributed by atoms with Gasteiger partial charge < -0.3 is 5.32 Å². The molecule has 0 aliphatic carbocycles. The predicted octanol–water partition coefficient (Wildman–Crippen LogP) is 2.83. The zero-order valence-electron chi connectivity index (χ0n) is 15.1. The van der Waals surface area contributed by atoms with Crippen molar-refractivity contribution in [3.8, 4) is 0 Å². The summed E-state index contributed by atoms with van der Waals surface area (Å²) in [5.41, 5.74) is 3.22. The van der Waals surface area contributed by atoms with Crippen LogP contribution in [-0.4, -0.2) is 33.9 Å². The van der Waals surface area contributed by atoms with Crippen molar-refractivity contribution in [2.45, 2.75) is 24.3 Å². The maximum absolute atomic E-state index is 13.4. The van der Waals surface area contributed by atoms with Crippen LogP contribution in [0.5, 0.6) is 0 Å². The summed E-state index contributed by atoms with van der Waals surface area (Å²) in [5, 5.41) is 2.64. The first-order chi connectivity index (χ1) is 13.5. The minimum Gasteiger partial charge on any atom is -0.326 e. The lowest BCUT2D eigenvalue weighted by molar-refractivity contribution is -0.114. The number of nitrogens with one attached hydrogen (secondary N) is 1. The van der Waals surface area contributed by atoms with Crippen molar-refractivity contribution >= 4 is 33.3 Å². The summed E-state index contributed by atoms with van der Waals surface area (Å²) >= 11 is 1.06. The Morgan fingerprint density at radius 3 is 2.61 bits per heavy atom. The second kappa shape index (κ2) is 7.42. The molecule has 1 amide bonds. The van der Waals surface area contributed by atoms with Gasteiger partial charge in [0.2, 0.25) is 15.9 Å². The van der Waals surface area contributed by atoms with Crippen molar-refractivity contribution in [1.82, 2.24) is 13.1 Å². The first-order valence-corrected chi connectivity index (χ1v) is 10.9. The quantitative estimate of drug-likeness (QED) is 0.709. The van der Waals surface area contributed by atoms with Crippen LogP contribution in [0.4, 0.5) is 5.69 Å². The Morgan fingerprint density at radius 1 is 1.18 bits per heavy atom. The lowest BCUT2D eigenvalue weighted by Crippen LogP contribution is -2.40. The van der Waals surface area contributed by atoms with Gasteiger partial charge in [-0.15, -0.1) is 0 Å². The van der Waals surface area contributed by atoms with Crippen LogP contribution in [0.3, 0.4) is 0 Å². The van der Waals surface area contributed by atoms with Gasteiger partial charge in [0, 0.05) is 19.2 Å². The number of aromatic nitrogens is 2. The molecule has 4 rings (SSSR count). The highest BCUT2D eigenvalue weighted by atomic mass is 32.2. The Morgan fingerprint density at radius 2 is 1.93 bits per heavy atom. The summed E-state index contributed by atoms with van der Waals surface area (Å²) in [7, 11) is -3.77. The highest BCUT2D eigenvalue weighted by Gasteiger charge is 2.38. The van der Waals surface area contributed by atoms with Crippen LogP contribution in [0.1, 0.15) is 29.8 Å². The number of amides is 1. The van der Waals surface area contributed by atoms with E-state index in [1.165, 1.54) is 23.4 Å². The third-order valence-corrected chi connectivity index (χ3v) is 7.05. The molecule has 0 saturated carbocycles. The number of anilines is 1. The smallest absolute Gasteiger partial charge is 0.244 e. The van der Waals surface area contributed by atoms with E-state index >= 15 is 0 Å². The number of benzene rings is 2. The van der Waals surface area contributed by atoms with Crippen molar-refractivity contribution in [3.05, 3.63) is 71.5 Å². The van der Waals surface area contributed by atoms with Gasteiger partial charge in [-0.3, -0.25) is 4.79 Å². The number of rotatable bonds is 4. The number of nitrogens with zero attached hydrogens (tertiary/aromatic N) is 3. The summed E-state index contributed by atoms with van der Waals surface area (Å²) in [6, 6.07) is 13.5. The summed E-state index contributed by atoms with van der Waals surface area (Å²) in [6.45, 7) is 1.76. The van der Waals surface area contributed by atoms with E-state index in [4.69, 9.17) is 0 Å². The molecule has 0 bridgehead atoms. The number of carbonyl (C=O) groups is 1. The van der Waals surface area contributed by atoms with Gasteiger partial charge in [-0.05, 0) is 41.8 Å². The molecule has 0 spiro atoms. The van der Waals surface area contributed by atoms with Crippen LogP contribution in [-0.2, 0) is 21.2 Å². The summed E-state index contributed by atoms with van der Waals surface area (Å²) in [4.78, 5) is 11.4. The Hall–Kier alpha value is -2.62. The van der Waals surface area contributed by atoms with Crippen LogP contribution < -0.4 is 5.32 Å². The minimum atomic E-state index is -3.77. The molecule has 1 N–H and O–H groups in total. The second-order valence-corrected chi connectivity index (χ2v) is 8.95. The van der Waals surface area contributed by atoms with Gasteiger partial charge in [0.25, 0.3) is 0 Å². The highest BCUT2D eigenvalue weighted by molar-refractivity contribution is 7.89. The van der Waals surface area contributed by atoms with Crippen molar-refractivity contribution in [2.75, 3.05) is 11.9 Å². The molecule has 144 valence electrons. The van der Waals surface area contributed by atoms with E-state index < -0.39 is 16.1 Å². The number of carbonyl (C=O) groups excluding carboxylic acids is 1. The maximum Gasteiger partial charge on any atom is 0.244 e. The molecule has 1 aliphatic rings. The van der Waals surface area contributed by atoms with Crippen molar-refractivity contribution in [2.24, 2.45) is 0 Å². The predicted molar refractivity (Wildman–Crippen MR) is 107 cm³/mol. The highest BCUT2D eigenvalue weighted by Crippen LogP contribution is 2.38. The van der Waals surface area contributed by atoms with Crippen LogP contribution in [0.15, 0.2) is 59.6 Å². The van der Waals surface area contributed by atoms with Gasteiger partial charge in [-0.2, -0.15) is 13.1 Å². The maximum atomic E-state index is 13.4. The third-order valence-electron chi connectivity index (χ3n) is 4.68. The van der Waals surface area contributed by atoms with Crippen molar-refractivity contribution < 1.29 is 13.2 Å². The molecule has 0 radical (unpaired) electrons. The average molecular weight is 415 g/mol. The lowest BCUT2D eigenvalue weighted by Gasteiger charge is -2.35. The fourth-order valence-corrected chi connectivity index (χ4v) is 5.48. The molecule has 1 unspecified atom stereocenters. The summed E-state index contributed by atoms with van der Waals surface area (Å²) in [6.07, 6.45) is 2.26. The SMILES string of the molecule is CC(=O)Nc1ccc(S(=O)(=O)N2CCc3ccccc3C2c2cnsn2)cc1. The molecular weight excluding hydrogens is 396 g/mol. The molecule has 28 heavy (non-hydrogen) atoms. The van der Waals surface area contributed by atoms with E-state index in [2.05, 4.69) is 14.1 Å². The standard InChI is InChI=1S/C19H18N4O3S2/c1-13(24)21-15-6-8-16(9-7-15)28(25,26)23-11-10-14-4-2-3-5-17(14)19(23)18-12-20-27-22-18/h2-9,12,19H,10-11H2,1H3,(H,21,24). The average Bonchev–Trinajstić information content (AvgIpc) is 3.21. The first-order valence-electron chi connectivity index (χ1n) is 8.71. The molecule has 3 aromatic rings. The minimum absolute atomic E-state index is 0.175. The molecule has 2 aromatic carbocycles. The molecular formula is C19H18N4O3S2. The molecule has 7 nitrogen and oxygen atoms in total. The van der Waals surface area contributed by atoms with Crippen molar-refractivity contribution in [3.63, 3.8) is 0 Å². The zero-order valence-corrected chi connectivity index (χ0v) is 16.7. The van der Waals surface area contributed by atoms with Gasteiger partial charge in [0.1, 0.15) is 0 Å². The first kappa shape index (κ1) is 18.7. The van der Waals surface area contributed by atoms with Gasteiger partial charge in [-0.25, -0.2) is 8.42 Å². The van der Waals surface area contributed by atoms with Crippen LogP contribution in [0, 0.1) is 0 Å². The molecule has 2 heterocycles. The Balaban J connectivity index is 1.75.